The third kappa shape index (κ3) is 2.76. The van der Waals surface area contributed by atoms with Crippen molar-refractivity contribution in [3.63, 3.8) is 0 Å². The highest BCUT2D eigenvalue weighted by atomic mass is 16.5. The van der Waals surface area contributed by atoms with Crippen molar-refractivity contribution in [2.75, 3.05) is 18.6 Å². The van der Waals surface area contributed by atoms with Crippen LogP contribution in [0.3, 0.4) is 0 Å². The number of rotatable bonds is 3. The van der Waals surface area contributed by atoms with Crippen molar-refractivity contribution in [3.05, 3.63) is 23.8 Å². The zero-order valence-electron chi connectivity index (χ0n) is 13.3. The number of anilines is 1. The Morgan fingerprint density at radius 3 is 2.71 bits per heavy atom. The molecule has 2 fully saturated rings. The van der Waals surface area contributed by atoms with Crippen LogP contribution in [0.5, 0.6) is 5.75 Å². The highest BCUT2D eigenvalue weighted by Gasteiger charge is 2.34. The van der Waals surface area contributed by atoms with E-state index in [9.17, 15) is 0 Å². The molecule has 1 saturated heterocycles. The van der Waals surface area contributed by atoms with Crippen molar-refractivity contribution >= 4 is 5.69 Å². The van der Waals surface area contributed by atoms with Crippen molar-refractivity contribution in [1.82, 2.24) is 0 Å². The summed E-state index contributed by atoms with van der Waals surface area (Å²) in [5.41, 5.74) is 8.74. The zero-order valence-corrected chi connectivity index (χ0v) is 13.3. The van der Waals surface area contributed by atoms with Gasteiger partial charge in [-0.15, -0.1) is 0 Å². The van der Waals surface area contributed by atoms with Crippen molar-refractivity contribution in [1.29, 1.82) is 0 Å². The van der Waals surface area contributed by atoms with Crippen LogP contribution in [0.2, 0.25) is 0 Å². The first-order chi connectivity index (χ1) is 10.2. The molecule has 21 heavy (non-hydrogen) atoms. The van der Waals surface area contributed by atoms with Gasteiger partial charge >= 0.3 is 0 Å². The van der Waals surface area contributed by atoms with Gasteiger partial charge in [0, 0.05) is 29.9 Å². The number of piperidine rings is 1. The maximum Gasteiger partial charge on any atom is 0.125 e. The highest BCUT2D eigenvalue weighted by Crippen LogP contribution is 2.41. The molecule has 3 rings (SSSR count). The van der Waals surface area contributed by atoms with E-state index in [0.717, 1.165) is 18.2 Å². The van der Waals surface area contributed by atoms with Crippen molar-refractivity contribution < 1.29 is 4.74 Å². The Kier molecular flexibility index (Phi) is 4.39. The Bertz CT molecular complexity index is 484. The monoisotopic (exact) mass is 288 g/mol. The van der Waals surface area contributed by atoms with Crippen LogP contribution in [-0.2, 0) is 0 Å². The second-order valence-corrected chi connectivity index (χ2v) is 6.63. The van der Waals surface area contributed by atoms with Crippen molar-refractivity contribution in [3.8, 4) is 5.75 Å². The van der Waals surface area contributed by atoms with Gasteiger partial charge in [-0.25, -0.2) is 0 Å². The number of nitrogens with zero attached hydrogens (tertiary/aromatic N) is 1. The molecule has 0 radical (unpaired) electrons. The van der Waals surface area contributed by atoms with Crippen LogP contribution < -0.4 is 15.4 Å². The standard InChI is InChI=1S/C18H28N2O/c1-13(19)18-16(10-5-11-17(18)21-2)20-12-6-8-14-7-3-4-9-15(14)20/h5,10-11,13-15H,3-4,6-9,12,19H2,1-2H3. The lowest BCUT2D eigenvalue weighted by Gasteiger charge is -2.46. The minimum absolute atomic E-state index is 0.000108. The molecule has 1 aromatic carbocycles. The average Bonchev–Trinajstić information content (AvgIpc) is 2.53. The molecule has 2 N–H and O–H groups in total. The third-order valence-corrected chi connectivity index (χ3v) is 5.27. The minimum atomic E-state index is 0.000108. The molecule has 3 atom stereocenters. The summed E-state index contributed by atoms with van der Waals surface area (Å²) >= 11 is 0. The fraction of sp³-hybridized carbons (Fsp3) is 0.667. The fourth-order valence-corrected chi connectivity index (χ4v) is 4.34. The summed E-state index contributed by atoms with van der Waals surface area (Å²) in [4.78, 5) is 2.63. The van der Waals surface area contributed by atoms with Gasteiger partial charge in [0.15, 0.2) is 0 Å². The van der Waals surface area contributed by atoms with Crippen LogP contribution in [-0.4, -0.2) is 19.7 Å². The lowest BCUT2D eigenvalue weighted by Crippen LogP contribution is -2.47. The Hall–Kier alpha value is -1.22. The molecule has 0 aromatic heterocycles. The summed E-state index contributed by atoms with van der Waals surface area (Å²) in [5.74, 6) is 1.81. The van der Waals surface area contributed by atoms with Gasteiger partial charge < -0.3 is 15.4 Å². The third-order valence-electron chi connectivity index (χ3n) is 5.27. The first-order valence-electron chi connectivity index (χ1n) is 8.41. The summed E-state index contributed by atoms with van der Waals surface area (Å²) in [6.07, 6.45) is 8.22. The number of hydrogen-bond acceptors (Lipinski definition) is 3. The molecule has 0 bridgehead atoms. The average molecular weight is 288 g/mol. The normalized spacial score (nSPS) is 27.1. The molecule has 0 amide bonds. The van der Waals surface area contributed by atoms with E-state index in [4.69, 9.17) is 10.5 Å². The number of ether oxygens (including phenoxy) is 1. The van der Waals surface area contributed by atoms with Crippen LogP contribution in [0.1, 0.15) is 57.1 Å². The number of hydrogen-bond donors (Lipinski definition) is 1. The maximum absolute atomic E-state index is 6.26. The van der Waals surface area contributed by atoms with Gasteiger partial charge in [0.25, 0.3) is 0 Å². The van der Waals surface area contributed by atoms with Gasteiger partial charge in [-0.05, 0) is 50.7 Å². The molecule has 1 aliphatic heterocycles. The minimum Gasteiger partial charge on any atom is -0.496 e. The lowest BCUT2D eigenvalue weighted by molar-refractivity contribution is 0.243. The van der Waals surface area contributed by atoms with E-state index in [2.05, 4.69) is 24.0 Å². The van der Waals surface area contributed by atoms with Gasteiger partial charge in [-0.3, -0.25) is 0 Å². The summed E-state index contributed by atoms with van der Waals surface area (Å²) in [7, 11) is 1.74. The zero-order chi connectivity index (χ0) is 14.8. The first-order valence-corrected chi connectivity index (χ1v) is 8.41. The summed E-state index contributed by atoms with van der Waals surface area (Å²) in [6, 6.07) is 7.08. The molecule has 1 aliphatic carbocycles. The summed E-state index contributed by atoms with van der Waals surface area (Å²) in [5, 5.41) is 0. The predicted octanol–water partition coefficient (Wildman–Crippen LogP) is 3.87. The van der Waals surface area contributed by atoms with Crippen molar-refractivity contribution in [2.45, 2.75) is 57.5 Å². The fourth-order valence-electron chi connectivity index (χ4n) is 4.34. The second kappa shape index (κ2) is 6.27. The quantitative estimate of drug-likeness (QED) is 0.917. The van der Waals surface area contributed by atoms with Crippen LogP contribution in [0, 0.1) is 5.92 Å². The van der Waals surface area contributed by atoms with E-state index in [1.807, 2.05) is 6.07 Å². The van der Waals surface area contributed by atoms with Crippen LogP contribution in [0.25, 0.3) is 0 Å². The number of methoxy groups -OCH3 is 1. The van der Waals surface area contributed by atoms with Crippen LogP contribution >= 0.6 is 0 Å². The SMILES string of the molecule is COc1cccc(N2CCCC3CCCCC32)c1C(C)N. The molecular formula is C18H28N2O. The summed E-state index contributed by atoms with van der Waals surface area (Å²) < 4.78 is 5.57. The predicted molar refractivity (Wildman–Crippen MR) is 87.9 cm³/mol. The first kappa shape index (κ1) is 14.7. The Morgan fingerprint density at radius 1 is 1.19 bits per heavy atom. The van der Waals surface area contributed by atoms with Gasteiger partial charge in [0.2, 0.25) is 0 Å². The Morgan fingerprint density at radius 2 is 1.95 bits per heavy atom. The van der Waals surface area contributed by atoms with E-state index < -0.39 is 0 Å². The summed E-state index contributed by atoms with van der Waals surface area (Å²) in [6.45, 7) is 3.22. The molecule has 3 unspecified atom stereocenters. The van der Waals surface area contributed by atoms with Gasteiger partial charge in [0.05, 0.1) is 7.11 Å². The van der Waals surface area contributed by atoms with Crippen LogP contribution in [0.15, 0.2) is 18.2 Å². The topological polar surface area (TPSA) is 38.5 Å². The van der Waals surface area contributed by atoms with E-state index >= 15 is 0 Å². The Labute approximate surface area is 128 Å². The molecule has 1 heterocycles. The Balaban J connectivity index is 1.98. The van der Waals surface area contributed by atoms with E-state index in [1.54, 1.807) is 7.11 Å². The van der Waals surface area contributed by atoms with Gasteiger partial charge in [0.1, 0.15) is 5.75 Å². The number of fused-ring (bicyclic) bond motifs is 1. The molecule has 116 valence electrons. The molecule has 1 aromatic rings. The lowest BCUT2D eigenvalue weighted by atomic mass is 9.78. The van der Waals surface area contributed by atoms with Crippen LogP contribution in [0.4, 0.5) is 5.69 Å². The van der Waals surface area contributed by atoms with E-state index in [0.29, 0.717) is 6.04 Å². The highest BCUT2D eigenvalue weighted by molar-refractivity contribution is 5.61. The number of benzene rings is 1. The molecule has 0 spiro atoms. The molecule has 3 heteroatoms. The molecule has 2 aliphatic rings. The largest absolute Gasteiger partial charge is 0.496 e. The second-order valence-electron chi connectivity index (χ2n) is 6.63. The van der Waals surface area contributed by atoms with Gasteiger partial charge in [-0.2, -0.15) is 0 Å². The smallest absolute Gasteiger partial charge is 0.125 e. The maximum atomic E-state index is 6.26. The van der Waals surface area contributed by atoms with Crippen molar-refractivity contribution in [2.24, 2.45) is 11.7 Å². The molecule has 3 nitrogen and oxygen atoms in total. The van der Waals surface area contributed by atoms with Gasteiger partial charge in [-0.1, -0.05) is 18.9 Å². The van der Waals surface area contributed by atoms with E-state index in [1.165, 1.54) is 49.8 Å². The molecule has 1 saturated carbocycles. The molecular weight excluding hydrogens is 260 g/mol. The number of nitrogens with two attached hydrogens (primary N) is 1. The van der Waals surface area contributed by atoms with E-state index in [-0.39, 0.29) is 6.04 Å².